The number of carbonyl (C=O) groups excluding carboxylic acids is 1. The lowest BCUT2D eigenvalue weighted by Crippen LogP contribution is -2.35. The molecule has 1 spiro atoms. The van der Waals surface area contributed by atoms with E-state index in [1.54, 1.807) is 6.92 Å². The lowest BCUT2D eigenvalue weighted by molar-refractivity contribution is -0.123. The van der Waals surface area contributed by atoms with Gasteiger partial charge in [-0.2, -0.15) is 5.26 Å². The van der Waals surface area contributed by atoms with E-state index < -0.39 is 0 Å². The lowest BCUT2D eigenvalue weighted by Gasteiger charge is -2.26. The van der Waals surface area contributed by atoms with Crippen molar-refractivity contribution in [3.8, 4) is 6.07 Å². The summed E-state index contributed by atoms with van der Waals surface area (Å²) in [5.41, 5.74) is 0.374. The molecular formula is C10H14N2O. The second-order valence-electron chi connectivity index (χ2n) is 4.33. The third-order valence-corrected chi connectivity index (χ3v) is 3.41. The van der Waals surface area contributed by atoms with Crippen molar-refractivity contribution in [2.75, 3.05) is 0 Å². The van der Waals surface area contributed by atoms with Gasteiger partial charge in [0.2, 0.25) is 5.91 Å². The Balaban J connectivity index is 1.84. The Kier molecular flexibility index (Phi) is 1.80. The molecular weight excluding hydrogens is 164 g/mol. The van der Waals surface area contributed by atoms with Crippen LogP contribution in [-0.2, 0) is 4.79 Å². The molecule has 1 amide bonds. The van der Waals surface area contributed by atoms with Crippen LogP contribution in [0.2, 0.25) is 0 Å². The van der Waals surface area contributed by atoms with Gasteiger partial charge in [-0.25, -0.2) is 0 Å². The number of rotatable bonds is 2. The van der Waals surface area contributed by atoms with E-state index in [0.717, 1.165) is 6.42 Å². The first-order valence-corrected chi connectivity index (χ1v) is 4.88. The van der Waals surface area contributed by atoms with Crippen LogP contribution in [-0.4, -0.2) is 11.9 Å². The van der Waals surface area contributed by atoms with Crippen molar-refractivity contribution in [1.82, 2.24) is 5.32 Å². The predicted molar refractivity (Wildman–Crippen MR) is 47.6 cm³/mol. The van der Waals surface area contributed by atoms with Crippen LogP contribution in [0, 0.1) is 22.7 Å². The van der Waals surface area contributed by atoms with Crippen molar-refractivity contribution in [1.29, 1.82) is 5.26 Å². The Labute approximate surface area is 78.1 Å². The van der Waals surface area contributed by atoms with Crippen LogP contribution in [0.3, 0.4) is 0 Å². The molecule has 2 unspecified atom stereocenters. The van der Waals surface area contributed by atoms with Gasteiger partial charge >= 0.3 is 0 Å². The third-order valence-electron chi connectivity index (χ3n) is 3.41. The van der Waals surface area contributed by atoms with E-state index in [-0.39, 0.29) is 17.9 Å². The number of carbonyl (C=O) groups is 1. The van der Waals surface area contributed by atoms with Gasteiger partial charge in [0.25, 0.3) is 0 Å². The first-order chi connectivity index (χ1) is 6.18. The topological polar surface area (TPSA) is 52.9 Å². The summed E-state index contributed by atoms with van der Waals surface area (Å²) in [6.45, 7) is 1.72. The van der Waals surface area contributed by atoms with E-state index in [9.17, 15) is 4.79 Å². The van der Waals surface area contributed by atoms with Crippen molar-refractivity contribution >= 4 is 5.91 Å². The molecule has 2 aliphatic rings. The van der Waals surface area contributed by atoms with Crippen LogP contribution < -0.4 is 5.32 Å². The minimum Gasteiger partial charge on any atom is -0.340 e. The van der Waals surface area contributed by atoms with Gasteiger partial charge in [0.1, 0.15) is 6.04 Å². The number of nitrogens with one attached hydrogen (secondary N) is 1. The molecule has 13 heavy (non-hydrogen) atoms. The van der Waals surface area contributed by atoms with Crippen molar-refractivity contribution in [2.24, 2.45) is 11.3 Å². The fourth-order valence-corrected chi connectivity index (χ4v) is 2.25. The average molecular weight is 178 g/mol. The SMILES string of the molecule is CC(C#N)NC(=O)C1CC12CCC2. The van der Waals surface area contributed by atoms with Crippen molar-refractivity contribution < 1.29 is 4.79 Å². The van der Waals surface area contributed by atoms with Crippen LogP contribution in [0.1, 0.15) is 32.6 Å². The highest BCUT2D eigenvalue weighted by Gasteiger charge is 2.60. The summed E-state index contributed by atoms with van der Waals surface area (Å²) in [6, 6.07) is 1.67. The number of hydrogen-bond donors (Lipinski definition) is 1. The maximum atomic E-state index is 11.5. The van der Waals surface area contributed by atoms with Crippen LogP contribution >= 0.6 is 0 Å². The number of nitriles is 1. The molecule has 0 aliphatic heterocycles. The minimum absolute atomic E-state index is 0.0914. The zero-order valence-corrected chi connectivity index (χ0v) is 7.84. The maximum Gasteiger partial charge on any atom is 0.224 e. The molecule has 3 nitrogen and oxygen atoms in total. The molecule has 0 aromatic rings. The highest BCUT2D eigenvalue weighted by Crippen LogP contribution is 2.65. The lowest BCUT2D eigenvalue weighted by atomic mass is 9.79. The maximum absolute atomic E-state index is 11.5. The Hall–Kier alpha value is -1.04. The van der Waals surface area contributed by atoms with Crippen LogP contribution in [0.4, 0.5) is 0 Å². The smallest absolute Gasteiger partial charge is 0.224 e. The Morgan fingerprint density at radius 3 is 2.77 bits per heavy atom. The van der Waals surface area contributed by atoms with Crippen molar-refractivity contribution in [3.63, 3.8) is 0 Å². The largest absolute Gasteiger partial charge is 0.340 e. The molecule has 0 aromatic heterocycles. The van der Waals surface area contributed by atoms with E-state index in [0.29, 0.717) is 5.41 Å². The van der Waals surface area contributed by atoms with Crippen LogP contribution in [0.25, 0.3) is 0 Å². The first-order valence-electron chi connectivity index (χ1n) is 4.88. The number of amides is 1. The summed E-state index contributed by atoms with van der Waals surface area (Å²) in [4.78, 5) is 11.5. The van der Waals surface area contributed by atoms with Gasteiger partial charge in [-0.15, -0.1) is 0 Å². The third kappa shape index (κ3) is 1.31. The molecule has 0 heterocycles. The van der Waals surface area contributed by atoms with E-state index in [2.05, 4.69) is 5.32 Å². The fourth-order valence-electron chi connectivity index (χ4n) is 2.25. The first kappa shape index (κ1) is 8.55. The molecule has 3 heteroatoms. The van der Waals surface area contributed by atoms with Gasteiger partial charge in [0.05, 0.1) is 6.07 Å². The standard InChI is InChI=1S/C10H14N2O/c1-7(6-11)12-9(13)8-5-10(8)3-2-4-10/h7-8H,2-5H2,1H3,(H,12,13). The molecule has 2 fully saturated rings. The second-order valence-corrected chi connectivity index (χ2v) is 4.33. The van der Waals surface area contributed by atoms with Crippen LogP contribution in [0.15, 0.2) is 0 Å². The summed E-state index contributed by atoms with van der Waals surface area (Å²) in [5, 5.41) is 11.2. The van der Waals surface area contributed by atoms with Crippen molar-refractivity contribution in [2.45, 2.75) is 38.6 Å². The van der Waals surface area contributed by atoms with E-state index in [4.69, 9.17) is 5.26 Å². The molecule has 0 saturated heterocycles. The fraction of sp³-hybridized carbons (Fsp3) is 0.800. The summed E-state index contributed by atoms with van der Waals surface area (Å²) in [5.74, 6) is 0.311. The Morgan fingerprint density at radius 1 is 1.69 bits per heavy atom. The second kappa shape index (κ2) is 2.73. The molecule has 2 rings (SSSR count). The van der Waals surface area contributed by atoms with Gasteiger partial charge in [0.15, 0.2) is 0 Å². The van der Waals surface area contributed by atoms with Crippen molar-refractivity contribution in [3.05, 3.63) is 0 Å². The van der Waals surface area contributed by atoms with Gasteiger partial charge in [-0.3, -0.25) is 4.79 Å². The molecule has 1 N–H and O–H groups in total. The van der Waals surface area contributed by atoms with E-state index in [1.165, 1.54) is 19.3 Å². The molecule has 2 aliphatic carbocycles. The van der Waals surface area contributed by atoms with Crippen LogP contribution in [0.5, 0.6) is 0 Å². The average Bonchev–Trinajstić information content (AvgIpc) is 2.77. The molecule has 2 saturated carbocycles. The number of hydrogen-bond acceptors (Lipinski definition) is 2. The molecule has 0 radical (unpaired) electrons. The highest BCUT2D eigenvalue weighted by molar-refractivity contribution is 5.83. The van der Waals surface area contributed by atoms with Gasteiger partial charge in [-0.1, -0.05) is 6.42 Å². The molecule has 70 valence electrons. The monoisotopic (exact) mass is 178 g/mol. The summed E-state index contributed by atoms with van der Waals surface area (Å²) >= 11 is 0. The molecule has 0 aromatic carbocycles. The summed E-state index contributed by atoms with van der Waals surface area (Å²) in [7, 11) is 0. The van der Waals surface area contributed by atoms with Gasteiger partial charge in [0, 0.05) is 5.92 Å². The summed E-state index contributed by atoms with van der Waals surface area (Å²) in [6.07, 6.45) is 4.76. The Morgan fingerprint density at radius 2 is 2.38 bits per heavy atom. The summed E-state index contributed by atoms with van der Waals surface area (Å²) < 4.78 is 0. The quantitative estimate of drug-likeness (QED) is 0.690. The minimum atomic E-state index is -0.342. The predicted octanol–water partition coefficient (Wildman–Crippen LogP) is 1.20. The highest BCUT2D eigenvalue weighted by atomic mass is 16.2. The van der Waals surface area contributed by atoms with E-state index in [1.807, 2.05) is 6.07 Å². The zero-order chi connectivity index (χ0) is 9.47. The zero-order valence-electron chi connectivity index (χ0n) is 7.84. The molecule has 2 atom stereocenters. The van der Waals surface area contributed by atoms with Gasteiger partial charge < -0.3 is 5.32 Å². The molecule has 0 bridgehead atoms. The van der Waals surface area contributed by atoms with Gasteiger partial charge in [-0.05, 0) is 31.6 Å². The van der Waals surface area contributed by atoms with E-state index >= 15 is 0 Å². The normalized spacial score (nSPS) is 30.0. The number of nitrogens with zero attached hydrogens (tertiary/aromatic N) is 1. The Bertz CT molecular complexity index is 275.